The number of benzene rings is 2. The number of amides is 1. The second-order valence-electron chi connectivity index (χ2n) is 6.19. The number of alkyl halides is 2. The highest BCUT2D eigenvalue weighted by atomic mass is 32.2. The molecule has 7 nitrogen and oxygen atoms in total. The molecule has 0 radical (unpaired) electrons. The Morgan fingerprint density at radius 1 is 1.07 bits per heavy atom. The Kier molecular flexibility index (Phi) is 7.52. The lowest BCUT2D eigenvalue weighted by atomic mass is 10.1. The lowest BCUT2D eigenvalue weighted by molar-refractivity contribution is -0.116. The van der Waals surface area contributed by atoms with E-state index in [2.05, 4.69) is 14.8 Å². The minimum Gasteiger partial charge on any atom is -0.493 e. The first-order chi connectivity index (χ1) is 13.6. The SMILES string of the molecule is COc1ccc(NC(=O)CCNS(=O)(=O)c2ccc(C)c(C)c2)cc1OC(F)F. The van der Waals surface area contributed by atoms with E-state index in [-0.39, 0.29) is 35.0 Å². The van der Waals surface area contributed by atoms with Crippen LogP contribution in [0.2, 0.25) is 0 Å². The van der Waals surface area contributed by atoms with E-state index in [0.717, 1.165) is 11.1 Å². The fourth-order valence-electron chi connectivity index (χ4n) is 2.43. The van der Waals surface area contributed by atoms with Gasteiger partial charge in [0.1, 0.15) is 0 Å². The maximum atomic E-state index is 12.5. The summed E-state index contributed by atoms with van der Waals surface area (Å²) >= 11 is 0. The highest BCUT2D eigenvalue weighted by Gasteiger charge is 2.16. The Balaban J connectivity index is 1.95. The van der Waals surface area contributed by atoms with Crippen molar-refractivity contribution >= 4 is 21.6 Å². The minimum absolute atomic E-state index is 0.0875. The third kappa shape index (κ3) is 6.40. The average molecular weight is 428 g/mol. The van der Waals surface area contributed by atoms with Gasteiger partial charge in [0.05, 0.1) is 12.0 Å². The molecule has 0 aliphatic carbocycles. The largest absolute Gasteiger partial charge is 0.493 e. The number of nitrogens with one attached hydrogen (secondary N) is 2. The molecule has 0 aliphatic rings. The van der Waals surface area contributed by atoms with Gasteiger partial charge in [0, 0.05) is 24.7 Å². The van der Waals surface area contributed by atoms with Crippen LogP contribution in [0.1, 0.15) is 17.5 Å². The highest BCUT2D eigenvalue weighted by Crippen LogP contribution is 2.31. The molecular weight excluding hydrogens is 406 g/mol. The van der Waals surface area contributed by atoms with Gasteiger partial charge < -0.3 is 14.8 Å². The number of rotatable bonds is 9. The van der Waals surface area contributed by atoms with Gasteiger partial charge in [-0.15, -0.1) is 0 Å². The van der Waals surface area contributed by atoms with Crippen LogP contribution in [0.4, 0.5) is 14.5 Å². The van der Waals surface area contributed by atoms with Crippen molar-refractivity contribution in [2.75, 3.05) is 19.0 Å². The summed E-state index contributed by atoms with van der Waals surface area (Å²) in [6.07, 6.45) is -0.152. The molecule has 0 saturated carbocycles. The van der Waals surface area contributed by atoms with Crippen molar-refractivity contribution in [3.63, 3.8) is 0 Å². The third-order valence-electron chi connectivity index (χ3n) is 4.10. The molecule has 0 aliphatic heterocycles. The predicted octanol–water partition coefficient (Wildman–Crippen LogP) is 3.22. The van der Waals surface area contributed by atoms with Crippen LogP contribution in [0.3, 0.4) is 0 Å². The zero-order valence-corrected chi connectivity index (χ0v) is 17.0. The van der Waals surface area contributed by atoms with Gasteiger partial charge in [-0.1, -0.05) is 6.07 Å². The van der Waals surface area contributed by atoms with Crippen molar-refractivity contribution in [1.29, 1.82) is 0 Å². The van der Waals surface area contributed by atoms with E-state index < -0.39 is 22.5 Å². The summed E-state index contributed by atoms with van der Waals surface area (Å²) in [6.45, 7) is 0.510. The van der Waals surface area contributed by atoms with Gasteiger partial charge in [0.25, 0.3) is 0 Å². The van der Waals surface area contributed by atoms with Crippen LogP contribution in [-0.2, 0) is 14.8 Å². The van der Waals surface area contributed by atoms with E-state index in [4.69, 9.17) is 4.74 Å². The first-order valence-corrected chi connectivity index (χ1v) is 10.1. The van der Waals surface area contributed by atoms with Gasteiger partial charge in [-0.2, -0.15) is 8.78 Å². The molecule has 0 bridgehead atoms. The van der Waals surface area contributed by atoms with Crippen LogP contribution in [0.5, 0.6) is 11.5 Å². The first-order valence-electron chi connectivity index (χ1n) is 8.62. The van der Waals surface area contributed by atoms with Gasteiger partial charge >= 0.3 is 6.61 Å². The highest BCUT2D eigenvalue weighted by molar-refractivity contribution is 7.89. The van der Waals surface area contributed by atoms with Gasteiger partial charge in [-0.05, 0) is 49.2 Å². The van der Waals surface area contributed by atoms with E-state index in [1.54, 1.807) is 12.1 Å². The van der Waals surface area contributed by atoms with Crippen molar-refractivity contribution in [2.45, 2.75) is 31.8 Å². The third-order valence-corrected chi connectivity index (χ3v) is 5.55. The van der Waals surface area contributed by atoms with Crippen molar-refractivity contribution < 1.29 is 31.5 Å². The number of carbonyl (C=O) groups excluding carboxylic acids is 1. The Hall–Kier alpha value is -2.72. The first kappa shape index (κ1) is 22.6. The van der Waals surface area contributed by atoms with Crippen molar-refractivity contribution in [3.8, 4) is 11.5 Å². The van der Waals surface area contributed by atoms with Gasteiger partial charge in [0.15, 0.2) is 11.5 Å². The Bertz CT molecular complexity index is 981. The Morgan fingerprint density at radius 3 is 2.41 bits per heavy atom. The number of carbonyl (C=O) groups is 1. The molecule has 0 heterocycles. The summed E-state index contributed by atoms with van der Waals surface area (Å²) < 4.78 is 61.2. The van der Waals surface area contributed by atoms with Gasteiger partial charge in [-0.3, -0.25) is 4.79 Å². The summed E-state index contributed by atoms with van der Waals surface area (Å²) in [6, 6.07) is 8.78. The Morgan fingerprint density at radius 2 is 1.79 bits per heavy atom. The van der Waals surface area contributed by atoms with E-state index in [1.165, 1.54) is 31.4 Å². The topological polar surface area (TPSA) is 93.7 Å². The van der Waals surface area contributed by atoms with E-state index >= 15 is 0 Å². The van der Waals surface area contributed by atoms with Crippen LogP contribution >= 0.6 is 0 Å². The van der Waals surface area contributed by atoms with Gasteiger partial charge in [0.2, 0.25) is 15.9 Å². The van der Waals surface area contributed by atoms with Crippen LogP contribution in [0.15, 0.2) is 41.3 Å². The average Bonchev–Trinajstić information content (AvgIpc) is 2.63. The fraction of sp³-hybridized carbons (Fsp3) is 0.316. The van der Waals surface area contributed by atoms with E-state index in [0.29, 0.717) is 0 Å². The van der Waals surface area contributed by atoms with Crippen LogP contribution < -0.4 is 19.5 Å². The number of hydrogen-bond donors (Lipinski definition) is 2. The summed E-state index contributed by atoms with van der Waals surface area (Å²) in [4.78, 5) is 12.2. The normalized spacial score (nSPS) is 11.4. The molecule has 0 unspecified atom stereocenters. The number of anilines is 1. The second-order valence-corrected chi connectivity index (χ2v) is 7.95. The van der Waals surface area contributed by atoms with Crippen LogP contribution in [0, 0.1) is 13.8 Å². The number of halogens is 2. The summed E-state index contributed by atoms with van der Waals surface area (Å²) in [7, 11) is -2.45. The zero-order valence-electron chi connectivity index (χ0n) is 16.2. The molecular formula is C19H22F2N2O5S. The lowest BCUT2D eigenvalue weighted by Gasteiger charge is -2.12. The second kappa shape index (κ2) is 9.66. The van der Waals surface area contributed by atoms with Crippen LogP contribution in [0.25, 0.3) is 0 Å². The molecule has 0 saturated heterocycles. The summed E-state index contributed by atoms with van der Waals surface area (Å²) in [5.74, 6) is -0.638. The maximum Gasteiger partial charge on any atom is 0.387 e. The minimum atomic E-state index is -3.75. The van der Waals surface area contributed by atoms with Crippen molar-refractivity contribution in [3.05, 3.63) is 47.5 Å². The standard InChI is InChI=1S/C19H22F2N2O5S/c1-12-4-6-15(10-13(12)2)29(25,26)22-9-8-18(24)23-14-5-7-16(27-3)17(11-14)28-19(20)21/h4-7,10-11,19,22H,8-9H2,1-3H3,(H,23,24). The lowest BCUT2D eigenvalue weighted by Crippen LogP contribution is -2.28. The molecule has 0 spiro atoms. The molecule has 0 aromatic heterocycles. The molecule has 158 valence electrons. The number of sulfonamides is 1. The number of methoxy groups -OCH3 is 1. The quantitative estimate of drug-likeness (QED) is 0.640. The molecule has 1 amide bonds. The van der Waals surface area contributed by atoms with E-state index in [9.17, 15) is 22.0 Å². The fourth-order valence-corrected chi connectivity index (χ4v) is 3.55. The summed E-state index contributed by atoms with van der Waals surface area (Å²) in [5.41, 5.74) is 2.02. The van der Waals surface area contributed by atoms with Crippen LogP contribution in [-0.4, -0.2) is 34.6 Å². The molecule has 29 heavy (non-hydrogen) atoms. The number of ether oxygens (including phenoxy) is 2. The molecule has 2 N–H and O–H groups in total. The number of aryl methyl sites for hydroxylation is 2. The maximum absolute atomic E-state index is 12.5. The van der Waals surface area contributed by atoms with Crippen molar-refractivity contribution in [1.82, 2.24) is 4.72 Å². The van der Waals surface area contributed by atoms with E-state index in [1.807, 2.05) is 13.8 Å². The number of hydrogen-bond acceptors (Lipinski definition) is 5. The molecule has 10 heteroatoms. The molecule has 2 aromatic rings. The molecule has 2 rings (SSSR count). The van der Waals surface area contributed by atoms with Crippen molar-refractivity contribution in [2.24, 2.45) is 0 Å². The smallest absolute Gasteiger partial charge is 0.387 e. The summed E-state index contributed by atoms with van der Waals surface area (Å²) in [5, 5.41) is 2.50. The Labute approximate surface area is 168 Å². The zero-order chi connectivity index (χ0) is 21.6. The van der Waals surface area contributed by atoms with Gasteiger partial charge in [-0.25, -0.2) is 13.1 Å². The molecule has 0 fully saturated rings. The molecule has 0 atom stereocenters. The molecule has 2 aromatic carbocycles. The monoisotopic (exact) mass is 428 g/mol. The predicted molar refractivity (Wildman–Crippen MR) is 104 cm³/mol.